The maximum Gasteiger partial charge on any atom is 0.0991 e. The highest BCUT2D eigenvalue weighted by Gasteiger charge is 2.29. The molecule has 9 aromatic carbocycles. The minimum atomic E-state index is 0.0582. The molecule has 10 aromatic rings. The van der Waals surface area contributed by atoms with E-state index in [0.717, 1.165) is 17.4 Å². The van der Waals surface area contributed by atoms with Gasteiger partial charge in [0.25, 0.3) is 0 Å². The predicted octanol–water partition coefficient (Wildman–Crippen LogP) is 32.0. The summed E-state index contributed by atoms with van der Waals surface area (Å²) in [7, 11) is 0. The molecule has 0 spiro atoms. The number of benzene rings is 9. The monoisotopic (exact) mass is 1470 g/mol. The third kappa shape index (κ3) is 28.4. The van der Waals surface area contributed by atoms with E-state index in [9.17, 15) is 0 Å². The molecule has 0 atom stereocenters. The molecule has 1 aromatic heterocycles. The van der Waals surface area contributed by atoms with E-state index in [1.165, 1.54) is 73.8 Å². The highest BCUT2D eigenvalue weighted by Crippen LogP contribution is 2.41. The van der Waals surface area contributed by atoms with Gasteiger partial charge in [-0.2, -0.15) is 5.26 Å². The first-order valence-corrected chi connectivity index (χ1v) is 41.2. The van der Waals surface area contributed by atoms with Gasteiger partial charge in [-0.1, -0.05) is 365 Å². The minimum Gasteiger partial charge on any atom is -0.336 e. The van der Waals surface area contributed by atoms with Crippen molar-refractivity contribution in [2.24, 2.45) is 11.8 Å². The number of para-hydroxylation sites is 4. The van der Waals surface area contributed by atoms with Crippen LogP contribution in [-0.4, -0.2) is 10.1 Å². The summed E-state index contributed by atoms with van der Waals surface area (Å²) in [5, 5.41) is 11.3. The first kappa shape index (κ1) is 93.4. The average Bonchev–Trinajstić information content (AvgIpc) is 1.58. The van der Waals surface area contributed by atoms with Crippen LogP contribution >= 0.6 is 0 Å². The van der Waals surface area contributed by atoms with E-state index in [1.807, 2.05) is 24.3 Å². The van der Waals surface area contributed by atoms with Crippen molar-refractivity contribution < 1.29 is 0 Å². The van der Waals surface area contributed by atoms with Gasteiger partial charge < -0.3 is 9.47 Å². The lowest BCUT2D eigenvalue weighted by Gasteiger charge is -2.37. The van der Waals surface area contributed by atoms with Crippen molar-refractivity contribution in [1.29, 1.82) is 5.26 Å². The van der Waals surface area contributed by atoms with Crippen molar-refractivity contribution in [3.05, 3.63) is 285 Å². The van der Waals surface area contributed by atoms with Gasteiger partial charge in [-0.3, -0.25) is 0 Å². The summed E-state index contributed by atoms with van der Waals surface area (Å²) in [6, 6.07) is 77.3. The van der Waals surface area contributed by atoms with Crippen LogP contribution in [0, 0.1) is 23.2 Å². The van der Waals surface area contributed by atoms with Gasteiger partial charge in [-0.05, 0) is 238 Å². The number of anilines is 2. The number of nitrogens with zero attached hydrogens (tertiary/aromatic N) is 3. The Morgan fingerprint density at radius 3 is 0.908 bits per heavy atom. The zero-order valence-electron chi connectivity index (χ0n) is 75.5. The van der Waals surface area contributed by atoms with E-state index in [-0.39, 0.29) is 32.7 Å². The molecule has 0 amide bonds. The molecule has 0 aliphatic rings. The summed E-state index contributed by atoms with van der Waals surface area (Å²) >= 11 is 0. The Balaban J connectivity index is 0.000000271. The molecular formula is C106H151N3. The number of hydrogen-bond acceptors (Lipinski definition) is 2. The Labute approximate surface area is 669 Å². The second-order valence-corrected chi connectivity index (χ2v) is 39.8. The van der Waals surface area contributed by atoms with Gasteiger partial charge in [-0.15, -0.1) is 0 Å². The van der Waals surface area contributed by atoms with Gasteiger partial charge in [0.2, 0.25) is 0 Å². The molecule has 590 valence electrons. The fourth-order valence-electron chi connectivity index (χ4n) is 14.8. The second-order valence-electron chi connectivity index (χ2n) is 39.8. The first-order chi connectivity index (χ1) is 50.3. The van der Waals surface area contributed by atoms with E-state index in [1.54, 1.807) is 38.9 Å². The van der Waals surface area contributed by atoms with Crippen molar-refractivity contribution in [2.45, 2.75) is 323 Å². The van der Waals surface area contributed by atoms with Crippen LogP contribution in [0.1, 0.15) is 344 Å². The lowest BCUT2D eigenvalue weighted by molar-refractivity contribution is 0.423. The van der Waals surface area contributed by atoms with Gasteiger partial charge in [0, 0.05) is 44.3 Å². The van der Waals surface area contributed by atoms with Crippen molar-refractivity contribution in [1.82, 2.24) is 4.57 Å². The van der Waals surface area contributed by atoms with Gasteiger partial charge >= 0.3 is 0 Å². The standard InChI is InChI=1S/C19H32.C18H30.C16H17N.C16H19N.C16H26.C11H13N.C10H14/c1-12(2)15-10-16(13(3)4)18(19(7,8)9)17(11-15)14(5)6;1-13(2)11-15-9-8-10-16(12-14(3)4)17(15)18(5,6)7;1-16(2,3)17-14-10-6-4-8-12(14)13-9-5-7-11-15(13)17;1-16(2,3)17(14-10-6-4-7-11-14)15-12-8-5-9-13-15;1-11(2)13-9-8-10-14(12(3)4)15(13)16(5,6)7;1-11(2,3)10-6-4-9(8-12)5-7-10;1-10(2,3)9-7-5-4-6-8-9/h10-14H,1-9H3;8-10,13-14H,11-12H2,1-7H3;4-11H,1-3H3;4-13H,1-3H3;8-12H,1-7H3;4-7H,1-3H3;4-8H,1-3H3. The molecule has 3 heteroatoms. The second kappa shape index (κ2) is 40.3. The Hall–Kier alpha value is -7.93. The highest BCUT2D eigenvalue weighted by molar-refractivity contribution is 6.08. The van der Waals surface area contributed by atoms with E-state index in [2.05, 4.69) is 446 Å². The molecule has 0 radical (unpaired) electrons. The van der Waals surface area contributed by atoms with Crippen LogP contribution in [0.15, 0.2) is 212 Å². The molecular weight excluding hydrogens is 1320 g/mol. The van der Waals surface area contributed by atoms with Gasteiger partial charge in [-0.25, -0.2) is 0 Å². The van der Waals surface area contributed by atoms with Crippen LogP contribution in [-0.2, 0) is 45.5 Å². The fraction of sp³-hybridized carbons (Fsp3) is 0.481. The molecule has 109 heavy (non-hydrogen) atoms. The number of nitriles is 1. The minimum absolute atomic E-state index is 0.0582. The zero-order chi connectivity index (χ0) is 82.5. The molecule has 1 heterocycles. The van der Waals surface area contributed by atoms with Crippen molar-refractivity contribution in [3.8, 4) is 6.07 Å². The summed E-state index contributed by atoms with van der Waals surface area (Å²) in [6.45, 7) is 79.9. The maximum atomic E-state index is 8.58. The number of rotatable bonds is 11. The molecule has 10 rings (SSSR count). The predicted molar refractivity (Wildman–Crippen MR) is 487 cm³/mol. The zero-order valence-corrected chi connectivity index (χ0v) is 75.5. The number of fused-ring (bicyclic) bond motifs is 3. The molecule has 0 saturated heterocycles. The molecule has 0 aliphatic carbocycles. The molecule has 3 nitrogen and oxygen atoms in total. The summed E-state index contributed by atoms with van der Waals surface area (Å²) in [6.07, 6.45) is 2.39. The Kier molecular flexibility index (Phi) is 34.6. The topological polar surface area (TPSA) is 32.0 Å². The largest absolute Gasteiger partial charge is 0.336 e. The van der Waals surface area contributed by atoms with Gasteiger partial charge in [0.05, 0.1) is 11.6 Å². The highest BCUT2D eigenvalue weighted by atomic mass is 15.2. The third-order valence-corrected chi connectivity index (χ3v) is 19.7. The molecule has 0 fully saturated rings. The van der Waals surface area contributed by atoms with Gasteiger partial charge in [0.15, 0.2) is 0 Å². The summed E-state index contributed by atoms with van der Waals surface area (Å²) in [4.78, 5) is 2.35. The van der Waals surface area contributed by atoms with Crippen molar-refractivity contribution in [2.75, 3.05) is 4.90 Å². The van der Waals surface area contributed by atoms with Crippen molar-refractivity contribution >= 4 is 33.2 Å². The molecule has 0 N–H and O–H groups in total. The van der Waals surface area contributed by atoms with Crippen LogP contribution in [0.25, 0.3) is 21.8 Å². The lowest BCUT2D eigenvalue weighted by atomic mass is 9.74. The molecule has 0 aliphatic heterocycles. The molecule has 0 bridgehead atoms. The Morgan fingerprint density at radius 1 is 0.312 bits per heavy atom. The fourth-order valence-corrected chi connectivity index (χ4v) is 14.8. The number of hydrogen-bond donors (Lipinski definition) is 0. The average molecular weight is 1470 g/mol. The maximum absolute atomic E-state index is 8.58. The quantitative estimate of drug-likeness (QED) is 0.129. The summed E-state index contributed by atoms with van der Waals surface area (Å²) < 4.78 is 2.43. The van der Waals surface area contributed by atoms with E-state index in [0.29, 0.717) is 35.0 Å². The number of aromatic nitrogens is 1. The van der Waals surface area contributed by atoms with Crippen LogP contribution in [0.5, 0.6) is 0 Å². The Morgan fingerprint density at radius 2 is 0.624 bits per heavy atom. The normalized spacial score (nSPS) is 12.1. The van der Waals surface area contributed by atoms with Crippen LogP contribution in [0.3, 0.4) is 0 Å². The SMILES string of the molecule is CC(C)(C)N(c1ccccc1)c1ccccc1.CC(C)(C)c1ccc(C#N)cc1.CC(C)(C)c1ccccc1.CC(C)(C)n1c2ccccc2c2ccccc21.CC(C)Cc1cccc(CC(C)C)c1C(C)(C)C.CC(C)c1cc(C(C)C)c(C(C)(C)C)c(C(C)C)c1.CC(C)c1cccc(C(C)C)c1C(C)(C)C. The Bertz CT molecular complexity index is 4180. The lowest BCUT2D eigenvalue weighted by Crippen LogP contribution is -2.37. The van der Waals surface area contributed by atoms with E-state index in [4.69, 9.17) is 5.26 Å². The van der Waals surface area contributed by atoms with Crippen LogP contribution in [0.4, 0.5) is 11.4 Å². The van der Waals surface area contributed by atoms with Crippen LogP contribution in [0.2, 0.25) is 0 Å². The van der Waals surface area contributed by atoms with Gasteiger partial charge in [0.1, 0.15) is 0 Å². The third-order valence-electron chi connectivity index (χ3n) is 19.7. The van der Waals surface area contributed by atoms with Crippen molar-refractivity contribution in [3.63, 3.8) is 0 Å². The molecule has 0 unspecified atom stereocenters. The van der Waals surface area contributed by atoms with E-state index >= 15 is 0 Å². The summed E-state index contributed by atoms with van der Waals surface area (Å²) in [5.41, 5.74) is 25.2. The van der Waals surface area contributed by atoms with Crippen LogP contribution < -0.4 is 4.90 Å². The van der Waals surface area contributed by atoms with E-state index < -0.39 is 0 Å². The smallest absolute Gasteiger partial charge is 0.0991 e. The summed E-state index contributed by atoms with van der Waals surface area (Å²) in [5.74, 6) is 4.43. The molecule has 0 saturated carbocycles. The first-order valence-electron chi connectivity index (χ1n) is 41.2.